The molecule has 1 saturated carbocycles. The van der Waals surface area contributed by atoms with Gasteiger partial charge in [-0.1, -0.05) is 0 Å². The highest BCUT2D eigenvalue weighted by atomic mass is 16.5. The Labute approximate surface area is 298 Å². The molecule has 0 bridgehead atoms. The van der Waals surface area contributed by atoms with Crippen LogP contribution in [-0.4, -0.2) is 164 Å². The molecule has 284 valence electrons. The van der Waals surface area contributed by atoms with Gasteiger partial charge in [0.1, 0.15) is 0 Å². The van der Waals surface area contributed by atoms with Gasteiger partial charge in [-0.2, -0.15) is 0 Å². The molecule has 9 atom stereocenters. The zero-order valence-corrected chi connectivity index (χ0v) is 30.7. The minimum absolute atomic E-state index is 0.00123. The number of aliphatic hydroxyl groups excluding tert-OH is 1. The summed E-state index contributed by atoms with van der Waals surface area (Å²) in [5.74, 6) is 1.34. The molecule has 5 N–H and O–H groups in total. The third kappa shape index (κ3) is 10.1. The molecule has 0 spiro atoms. The summed E-state index contributed by atoms with van der Waals surface area (Å²) in [5, 5.41) is 25.0. The van der Waals surface area contributed by atoms with Crippen LogP contribution in [0.4, 0.5) is 0 Å². The Morgan fingerprint density at radius 1 is 0.900 bits per heavy atom. The lowest BCUT2D eigenvalue weighted by Crippen LogP contribution is -2.64. The van der Waals surface area contributed by atoms with Crippen molar-refractivity contribution in [2.75, 3.05) is 78.8 Å². The maximum absolute atomic E-state index is 13.7. The first kappa shape index (κ1) is 37.8. The van der Waals surface area contributed by atoms with E-state index in [9.17, 15) is 19.5 Å². The number of likely N-dealkylation sites (tertiary alicyclic amines) is 2. The van der Waals surface area contributed by atoms with E-state index in [1.54, 1.807) is 13.8 Å². The van der Waals surface area contributed by atoms with Crippen molar-refractivity contribution in [2.45, 2.75) is 115 Å². The lowest BCUT2D eigenvalue weighted by molar-refractivity contribution is -0.132. The van der Waals surface area contributed by atoms with Gasteiger partial charge in [-0.05, 0) is 76.7 Å². The molecule has 0 radical (unpaired) electrons. The van der Waals surface area contributed by atoms with Crippen LogP contribution in [0.3, 0.4) is 0 Å². The molecule has 14 heteroatoms. The van der Waals surface area contributed by atoms with Crippen molar-refractivity contribution in [3.8, 4) is 0 Å². The normalized spacial score (nSPS) is 35.4. The average Bonchev–Trinajstić information content (AvgIpc) is 3.53. The second-order valence-corrected chi connectivity index (χ2v) is 16.0. The summed E-state index contributed by atoms with van der Waals surface area (Å²) in [4.78, 5) is 46.0. The first-order valence-electron chi connectivity index (χ1n) is 19.5. The molecule has 5 aliphatic heterocycles. The van der Waals surface area contributed by atoms with Gasteiger partial charge >= 0.3 is 0 Å². The predicted molar refractivity (Wildman–Crippen MR) is 189 cm³/mol. The molecule has 6 rings (SSSR count). The summed E-state index contributed by atoms with van der Waals surface area (Å²) >= 11 is 0. The number of fused-ring (bicyclic) bond motifs is 1. The van der Waals surface area contributed by atoms with Crippen molar-refractivity contribution in [3.63, 3.8) is 0 Å². The molecule has 8 unspecified atom stereocenters. The van der Waals surface area contributed by atoms with E-state index in [1.165, 1.54) is 0 Å². The number of hydrogen-bond donors (Lipinski definition) is 5. The van der Waals surface area contributed by atoms with Gasteiger partial charge in [0.25, 0.3) is 0 Å². The Hall–Kier alpha value is -1.91. The standard InChI is InChI=1S/C36H64N8O6/c1-24-33(50-23-38-24)22-49-32-5-4-28-20-41(9-6-27(28)16-32)21-31(47)19-37-36(48)29-17-34(39-30-7-10-42(11-8-30)25(2)45)40-35(18-29)44-14-12-43(13-15-44)26(3)46/h24,27-35,38-40,47H,4-23H2,1-3H3,(H,37,48)/t24?,27?,28?,29?,31-,32?,33?,34?,35?/m0/s1. The molecule has 14 nitrogen and oxygen atoms in total. The fourth-order valence-electron chi connectivity index (χ4n) is 9.27. The van der Waals surface area contributed by atoms with Gasteiger partial charge in [-0.15, -0.1) is 0 Å². The van der Waals surface area contributed by atoms with E-state index in [-0.39, 0.29) is 54.7 Å². The van der Waals surface area contributed by atoms with Gasteiger partial charge in [0, 0.05) is 90.8 Å². The van der Waals surface area contributed by atoms with Crippen LogP contribution in [0.5, 0.6) is 0 Å². The number of β-amino-alcohol motifs (C(OH)–C–C–N with tert-alkyl or cyclic N) is 1. The highest BCUT2D eigenvalue weighted by Crippen LogP contribution is 2.37. The summed E-state index contributed by atoms with van der Waals surface area (Å²) in [6.07, 6.45) is 7.44. The zero-order valence-electron chi connectivity index (χ0n) is 30.7. The number of ether oxygens (including phenoxy) is 2. The average molecular weight is 705 g/mol. The number of rotatable bonds is 11. The second-order valence-electron chi connectivity index (χ2n) is 16.0. The molecule has 3 amide bonds. The lowest BCUT2D eigenvalue weighted by Gasteiger charge is -2.46. The van der Waals surface area contributed by atoms with E-state index >= 15 is 0 Å². The maximum atomic E-state index is 13.7. The maximum Gasteiger partial charge on any atom is 0.223 e. The molecule has 5 heterocycles. The number of piperidine rings is 3. The SMILES string of the molecule is CC(=O)N1CCC(NC2CC(C(=O)NC[C@H](O)CN3CCC4CC(OCC5OCNC5C)CCC4C3)CC(N3CCN(C(C)=O)CC3)N2)CC1. The number of carbonyl (C=O) groups is 3. The third-order valence-electron chi connectivity index (χ3n) is 12.5. The Morgan fingerprint density at radius 3 is 2.34 bits per heavy atom. The summed E-state index contributed by atoms with van der Waals surface area (Å²) in [7, 11) is 0. The van der Waals surface area contributed by atoms with Crippen LogP contribution >= 0.6 is 0 Å². The van der Waals surface area contributed by atoms with Crippen LogP contribution in [0.1, 0.15) is 72.1 Å². The third-order valence-corrected chi connectivity index (χ3v) is 12.5. The Balaban J connectivity index is 0.948. The molecule has 0 aromatic carbocycles. The molecule has 0 aromatic rings. The Morgan fingerprint density at radius 2 is 1.64 bits per heavy atom. The zero-order chi connectivity index (χ0) is 35.2. The fraction of sp³-hybridized carbons (Fsp3) is 0.917. The number of hydrogen-bond acceptors (Lipinski definition) is 11. The molecule has 0 aromatic heterocycles. The first-order valence-corrected chi connectivity index (χ1v) is 19.5. The first-order chi connectivity index (χ1) is 24.1. The summed E-state index contributed by atoms with van der Waals surface area (Å²) in [6, 6.07) is 0.618. The Bertz CT molecular complexity index is 1130. The summed E-state index contributed by atoms with van der Waals surface area (Å²) < 4.78 is 12.0. The number of nitrogens with zero attached hydrogens (tertiary/aromatic N) is 4. The number of carbonyl (C=O) groups excluding carboxylic acids is 3. The van der Waals surface area contributed by atoms with Crippen molar-refractivity contribution < 1.29 is 29.0 Å². The van der Waals surface area contributed by atoms with Crippen molar-refractivity contribution in [1.29, 1.82) is 0 Å². The molecular formula is C36H64N8O6. The van der Waals surface area contributed by atoms with Crippen molar-refractivity contribution in [2.24, 2.45) is 17.8 Å². The number of nitrogens with one attached hydrogen (secondary N) is 4. The molecule has 6 aliphatic rings. The molecule has 50 heavy (non-hydrogen) atoms. The van der Waals surface area contributed by atoms with E-state index in [2.05, 4.69) is 38.0 Å². The van der Waals surface area contributed by atoms with E-state index < -0.39 is 6.10 Å². The van der Waals surface area contributed by atoms with Gasteiger partial charge in [0.05, 0.1) is 44.0 Å². The van der Waals surface area contributed by atoms with Crippen LogP contribution < -0.4 is 21.3 Å². The second kappa shape index (κ2) is 17.7. The van der Waals surface area contributed by atoms with Gasteiger partial charge in [-0.25, -0.2) is 0 Å². The van der Waals surface area contributed by atoms with Gasteiger partial charge in [0.2, 0.25) is 17.7 Å². The summed E-state index contributed by atoms with van der Waals surface area (Å²) in [5.41, 5.74) is 0. The quantitative estimate of drug-likeness (QED) is 0.193. The molecule has 5 saturated heterocycles. The number of piperazine rings is 1. The molecule has 1 aliphatic carbocycles. The van der Waals surface area contributed by atoms with Crippen LogP contribution in [-0.2, 0) is 23.9 Å². The van der Waals surface area contributed by atoms with E-state index in [4.69, 9.17) is 9.47 Å². The molecular weight excluding hydrogens is 640 g/mol. The van der Waals surface area contributed by atoms with E-state index in [0.717, 1.165) is 77.8 Å². The minimum atomic E-state index is -0.616. The number of aliphatic hydroxyl groups is 1. The van der Waals surface area contributed by atoms with Crippen molar-refractivity contribution in [1.82, 2.24) is 40.9 Å². The largest absolute Gasteiger partial charge is 0.390 e. The highest BCUT2D eigenvalue weighted by Gasteiger charge is 2.39. The lowest BCUT2D eigenvalue weighted by atomic mass is 9.74. The van der Waals surface area contributed by atoms with E-state index in [1.807, 2.05) is 9.80 Å². The minimum Gasteiger partial charge on any atom is -0.390 e. The fourth-order valence-corrected chi connectivity index (χ4v) is 9.27. The van der Waals surface area contributed by atoms with E-state index in [0.29, 0.717) is 69.8 Å². The highest BCUT2D eigenvalue weighted by molar-refractivity contribution is 5.79. The van der Waals surface area contributed by atoms with Crippen molar-refractivity contribution >= 4 is 17.7 Å². The van der Waals surface area contributed by atoms with Crippen molar-refractivity contribution in [3.05, 3.63) is 0 Å². The van der Waals surface area contributed by atoms with Crippen LogP contribution in [0, 0.1) is 17.8 Å². The van der Waals surface area contributed by atoms with Crippen LogP contribution in [0.2, 0.25) is 0 Å². The van der Waals surface area contributed by atoms with Gasteiger partial charge < -0.3 is 34.6 Å². The number of amides is 3. The molecule has 6 fully saturated rings. The van der Waals surface area contributed by atoms with Gasteiger partial charge in [-0.3, -0.25) is 35.2 Å². The van der Waals surface area contributed by atoms with Crippen LogP contribution in [0.15, 0.2) is 0 Å². The van der Waals surface area contributed by atoms with Crippen LogP contribution in [0.25, 0.3) is 0 Å². The monoisotopic (exact) mass is 704 g/mol. The Kier molecular flexibility index (Phi) is 13.4. The smallest absolute Gasteiger partial charge is 0.223 e. The van der Waals surface area contributed by atoms with Gasteiger partial charge in [0.15, 0.2) is 0 Å². The predicted octanol–water partition coefficient (Wildman–Crippen LogP) is -0.278. The summed E-state index contributed by atoms with van der Waals surface area (Å²) in [6.45, 7) is 13.9. The topological polar surface area (TPSA) is 151 Å².